The fourth-order valence-corrected chi connectivity index (χ4v) is 3.10. The highest BCUT2D eigenvalue weighted by Gasteiger charge is 2.14. The first-order valence-corrected chi connectivity index (χ1v) is 9.72. The van der Waals surface area contributed by atoms with Crippen LogP contribution < -0.4 is 14.8 Å². The van der Waals surface area contributed by atoms with Gasteiger partial charge in [0.1, 0.15) is 11.6 Å². The third kappa shape index (κ3) is 6.14. The zero-order valence-corrected chi connectivity index (χ0v) is 17.7. The van der Waals surface area contributed by atoms with Gasteiger partial charge in [0.05, 0.1) is 17.7 Å². The molecule has 6 heteroatoms. The standard InChI is InChI=1S/C22H23BrN2O3/c1-15(2)28-21-19(23)12-17(13-20(21)27-3)11-18(14-24)22(26)25-10-9-16-7-5-4-6-8-16/h4-8,11-13,15H,9-10H2,1-3H3,(H,25,26)/b18-11+. The van der Waals surface area contributed by atoms with Crippen molar-refractivity contribution in [3.63, 3.8) is 0 Å². The topological polar surface area (TPSA) is 71.3 Å². The van der Waals surface area contributed by atoms with Crippen LogP contribution in [0.3, 0.4) is 0 Å². The van der Waals surface area contributed by atoms with E-state index in [9.17, 15) is 10.1 Å². The minimum atomic E-state index is -0.406. The molecule has 0 spiro atoms. The summed E-state index contributed by atoms with van der Waals surface area (Å²) in [5, 5.41) is 12.2. The maximum absolute atomic E-state index is 12.4. The van der Waals surface area contributed by atoms with E-state index in [0.717, 1.165) is 5.56 Å². The smallest absolute Gasteiger partial charge is 0.261 e. The molecule has 0 atom stereocenters. The summed E-state index contributed by atoms with van der Waals surface area (Å²) in [7, 11) is 1.55. The maximum atomic E-state index is 12.4. The molecule has 2 aromatic rings. The van der Waals surface area contributed by atoms with Crippen molar-refractivity contribution in [3.05, 3.63) is 63.6 Å². The van der Waals surface area contributed by atoms with Crippen LogP contribution in [0.25, 0.3) is 6.08 Å². The van der Waals surface area contributed by atoms with E-state index in [0.29, 0.717) is 34.5 Å². The van der Waals surface area contributed by atoms with Crippen molar-refractivity contribution in [2.24, 2.45) is 0 Å². The maximum Gasteiger partial charge on any atom is 0.261 e. The number of nitrogens with one attached hydrogen (secondary N) is 1. The lowest BCUT2D eigenvalue weighted by Crippen LogP contribution is -2.26. The van der Waals surface area contributed by atoms with E-state index in [1.165, 1.54) is 6.08 Å². The van der Waals surface area contributed by atoms with E-state index >= 15 is 0 Å². The fraction of sp³-hybridized carbons (Fsp3) is 0.273. The Morgan fingerprint density at radius 3 is 2.61 bits per heavy atom. The molecule has 0 aromatic heterocycles. The Labute approximate surface area is 174 Å². The van der Waals surface area contributed by atoms with Crippen LogP contribution in [0.1, 0.15) is 25.0 Å². The lowest BCUT2D eigenvalue weighted by atomic mass is 10.1. The number of amides is 1. The van der Waals surface area contributed by atoms with Crippen molar-refractivity contribution < 1.29 is 14.3 Å². The summed E-state index contributed by atoms with van der Waals surface area (Å²) in [5.74, 6) is 0.701. The van der Waals surface area contributed by atoms with Gasteiger partial charge in [0.2, 0.25) is 0 Å². The first kappa shape index (κ1) is 21.5. The third-order valence-corrected chi connectivity index (χ3v) is 4.41. The van der Waals surface area contributed by atoms with Crippen LogP contribution in [0, 0.1) is 11.3 Å². The average molecular weight is 443 g/mol. The molecular weight excluding hydrogens is 420 g/mol. The van der Waals surface area contributed by atoms with Crippen LogP contribution in [0.5, 0.6) is 11.5 Å². The van der Waals surface area contributed by atoms with E-state index < -0.39 is 5.91 Å². The number of carbonyl (C=O) groups excluding carboxylic acids is 1. The zero-order valence-electron chi connectivity index (χ0n) is 16.2. The molecule has 0 bridgehead atoms. The number of methoxy groups -OCH3 is 1. The normalized spacial score (nSPS) is 11.1. The Balaban J connectivity index is 2.13. The molecule has 0 heterocycles. The molecule has 0 saturated heterocycles. The molecule has 146 valence electrons. The molecule has 5 nitrogen and oxygen atoms in total. The molecule has 0 radical (unpaired) electrons. The van der Waals surface area contributed by atoms with Gasteiger partial charge in [-0.2, -0.15) is 5.26 Å². The first-order valence-electron chi connectivity index (χ1n) is 8.92. The van der Waals surface area contributed by atoms with Gasteiger partial charge in [0.25, 0.3) is 5.91 Å². The van der Waals surface area contributed by atoms with E-state index in [4.69, 9.17) is 9.47 Å². The summed E-state index contributed by atoms with van der Waals surface area (Å²) in [6.45, 7) is 4.30. The second-order valence-corrected chi connectivity index (χ2v) is 7.22. The van der Waals surface area contributed by atoms with Gasteiger partial charge in [-0.1, -0.05) is 30.3 Å². The van der Waals surface area contributed by atoms with Gasteiger partial charge < -0.3 is 14.8 Å². The van der Waals surface area contributed by atoms with Crippen LogP contribution in [0.15, 0.2) is 52.5 Å². The molecule has 0 aliphatic carbocycles. The molecule has 0 aliphatic rings. The number of nitrogens with zero attached hydrogens (tertiary/aromatic N) is 1. The van der Waals surface area contributed by atoms with Gasteiger partial charge in [-0.05, 0) is 65.5 Å². The van der Waals surface area contributed by atoms with E-state index in [1.54, 1.807) is 19.2 Å². The summed E-state index contributed by atoms with van der Waals surface area (Å²) >= 11 is 3.47. The van der Waals surface area contributed by atoms with Crippen molar-refractivity contribution in [1.82, 2.24) is 5.32 Å². The SMILES string of the molecule is COc1cc(/C=C(\C#N)C(=O)NCCc2ccccc2)cc(Br)c1OC(C)C. The van der Waals surface area contributed by atoms with E-state index in [2.05, 4.69) is 21.2 Å². The number of ether oxygens (including phenoxy) is 2. The van der Waals surface area contributed by atoms with Crippen molar-refractivity contribution in [3.8, 4) is 17.6 Å². The van der Waals surface area contributed by atoms with Crippen molar-refractivity contribution in [2.45, 2.75) is 26.4 Å². The van der Waals surface area contributed by atoms with Crippen LogP contribution in [0.4, 0.5) is 0 Å². The third-order valence-electron chi connectivity index (χ3n) is 3.82. The Morgan fingerprint density at radius 1 is 1.29 bits per heavy atom. The Bertz CT molecular complexity index is 887. The minimum absolute atomic E-state index is 0.0170. The number of hydrogen-bond donors (Lipinski definition) is 1. The van der Waals surface area contributed by atoms with Crippen molar-refractivity contribution >= 4 is 27.9 Å². The molecule has 0 aliphatic heterocycles. The minimum Gasteiger partial charge on any atom is -0.493 e. The Hall–Kier alpha value is -2.78. The van der Waals surface area contributed by atoms with Gasteiger partial charge in [-0.25, -0.2) is 0 Å². The molecule has 2 rings (SSSR count). The lowest BCUT2D eigenvalue weighted by molar-refractivity contribution is -0.117. The second kappa shape index (κ2) is 10.5. The molecule has 2 aromatic carbocycles. The van der Waals surface area contributed by atoms with E-state index in [1.807, 2.05) is 50.2 Å². The van der Waals surface area contributed by atoms with E-state index in [-0.39, 0.29) is 11.7 Å². The van der Waals surface area contributed by atoms with Gasteiger partial charge in [0.15, 0.2) is 11.5 Å². The molecule has 1 amide bonds. The zero-order chi connectivity index (χ0) is 20.5. The summed E-state index contributed by atoms with van der Waals surface area (Å²) in [6, 6.07) is 15.3. The molecule has 0 fully saturated rings. The quantitative estimate of drug-likeness (QED) is 0.482. The van der Waals surface area contributed by atoms with Gasteiger partial charge >= 0.3 is 0 Å². The lowest BCUT2D eigenvalue weighted by Gasteiger charge is -2.16. The predicted octanol–water partition coefficient (Wildman–Crippen LogP) is 4.51. The number of halogens is 1. The Morgan fingerprint density at radius 2 is 2.00 bits per heavy atom. The number of benzene rings is 2. The van der Waals surface area contributed by atoms with Gasteiger partial charge in [0, 0.05) is 6.54 Å². The largest absolute Gasteiger partial charge is 0.493 e. The predicted molar refractivity (Wildman–Crippen MR) is 113 cm³/mol. The number of rotatable bonds is 8. The molecule has 1 N–H and O–H groups in total. The highest BCUT2D eigenvalue weighted by Crippen LogP contribution is 2.37. The highest BCUT2D eigenvalue weighted by molar-refractivity contribution is 9.10. The number of carbonyl (C=O) groups is 1. The van der Waals surface area contributed by atoms with Crippen molar-refractivity contribution in [1.29, 1.82) is 5.26 Å². The first-order chi connectivity index (χ1) is 13.4. The van der Waals surface area contributed by atoms with Crippen LogP contribution in [-0.4, -0.2) is 25.7 Å². The average Bonchev–Trinajstić information content (AvgIpc) is 2.68. The highest BCUT2D eigenvalue weighted by atomic mass is 79.9. The van der Waals surface area contributed by atoms with Crippen molar-refractivity contribution in [2.75, 3.05) is 13.7 Å². The summed E-state index contributed by atoms with van der Waals surface area (Å²) < 4.78 is 11.8. The molecule has 0 unspecified atom stereocenters. The van der Waals surface area contributed by atoms with Gasteiger partial charge in [-0.15, -0.1) is 0 Å². The Kier molecular flexibility index (Phi) is 8.09. The van der Waals surface area contributed by atoms with Crippen LogP contribution in [-0.2, 0) is 11.2 Å². The van der Waals surface area contributed by atoms with Crippen LogP contribution in [0.2, 0.25) is 0 Å². The van der Waals surface area contributed by atoms with Crippen LogP contribution >= 0.6 is 15.9 Å². The monoisotopic (exact) mass is 442 g/mol. The molecule has 28 heavy (non-hydrogen) atoms. The second-order valence-electron chi connectivity index (χ2n) is 6.36. The summed E-state index contributed by atoms with van der Waals surface area (Å²) in [6.07, 6.45) is 2.22. The molecule has 0 saturated carbocycles. The summed E-state index contributed by atoms with van der Waals surface area (Å²) in [4.78, 5) is 12.4. The number of nitriles is 1. The van der Waals surface area contributed by atoms with Gasteiger partial charge in [-0.3, -0.25) is 4.79 Å². The summed E-state index contributed by atoms with van der Waals surface area (Å²) in [5.41, 5.74) is 1.81. The molecular formula is C22H23BrN2O3. The fourth-order valence-electron chi connectivity index (χ4n) is 2.55. The number of hydrogen-bond acceptors (Lipinski definition) is 4.